The summed E-state index contributed by atoms with van der Waals surface area (Å²) in [7, 11) is 0. The van der Waals surface area contributed by atoms with Crippen LogP contribution in [0.1, 0.15) is 39.3 Å². The quantitative estimate of drug-likeness (QED) is 0.780. The smallest absolute Gasteiger partial charge is 0.272 e. The molecule has 15 heavy (non-hydrogen) atoms. The summed E-state index contributed by atoms with van der Waals surface area (Å²) in [6.07, 6.45) is -1.24. The van der Waals surface area contributed by atoms with Crippen molar-refractivity contribution in [2.75, 3.05) is 6.61 Å². The van der Waals surface area contributed by atoms with Gasteiger partial charge in [-0.1, -0.05) is 32.9 Å². The Hall–Kier alpha value is -1.13. The van der Waals surface area contributed by atoms with Crippen molar-refractivity contribution in [2.45, 2.75) is 40.0 Å². The van der Waals surface area contributed by atoms with E-state index < -0.39 is 13.0 Å². The van der Waals surface area contributed by atoms with Crippen molar-refractivity contribution in [2.24, 2.45) is 0 Å². The number of rotatable bonds is 4. The molecule has 0 amide bonds. The van der Waals surface area contributed by atoms with Crippen LogP contribution in [-0.4, -0.2) is 18.2 Å². The second kappa shape index (κ2) is 7.20. The number of alkyl halides is 2. The van der Waals surface area contributed by atoms with Gasteiger partial charge in [-0.3, -0.25) is 0 Å². The lowest BCUT2D eigenvalue weighted by Crippen LogP contribution is -2.08. The van der Waals surface area contributed by atoms with Gasteiger partial charge in [0.2, 0.25) is 0 Å². The second-order valence-electron chi connectivity index (χ2n) is 2.92. The van der Waals surface area contributed by atoms with Crippen LogP contribution in [0, 0.1) is 0 Å². The van der Waals surface area contributed by atoms with E-state index in [0.717, 1.165) is 0 Å². The molecule has 0 atom stereocenters. The zero-order chi connectivity index (χ0) is 11.8. The molecule has 0 aliphatic heterocycles. The maximum atomic E-state index is 11.8. The first-order valence-electron chi connectivity index (χ1n) is 4.96. The third-order valence-electron chi connectivity index (χ3n) is 1.47. The SMILES string of the molecule is CC.CC(C)c1nocc1OCC(F)F. The molecular formula is C10H17F2NO2. The zero-order valence-electron chi connectivity index (χ0n) is 9.46. The fourth-order valence-electron chi connectivity index (χ4n) is 0.887. The van der Waals surface area contributed by atoms with Crippen LogP contribution in [0.4, 0.5) is 8.78 Å². The summed E-state index contributed by atoms with van der Waals surface area (Å²) in [4.78, 5) is 0. The van der Waals surface area contributed by atoms with Gasteiger partial charge in [0.05, 0.1) is 0 Å². The molecule has 0 spiro atoms. The molecule has 0 aliphatic carbocycles. The van der Waals surface area contributed by atoms with E-state index >= 15 is 0 Å². The molecule has 1 rings (SSSR count). The van der Waals surface area contributed by atoms with E-state index in [9.17, 15) is 8.78 Å². The van der Waals surface area contributed by atoms with Gasteiger partial charge in [0.1, 0.15) is 12.3 Å². The van der Waals surface area contributed by atoms with Crippen molar-refractivity contribution in [1.82, 2.24) is 5.16 Å². The lowest BCUT2D eigenvalue weighted by molar-refractivity contribution is 0.0810. The molecule has 0 N–H and O–H groups in total. The summed E-state index contributed by atoms with van der Waals surface area (Å²) < 4.78 is 33.0. The predicted octanol–water partition coefficient (Wildman–Crippen LogP) is 3.47. The highest BCUT2D eigenvalue weighted by Crippen LogP contribution is 2.24. The molecule has 0 bridgehead atoms. The first-order valence-corrected chi connectivity index (χ1v) is 4.96. The van der Waals surface area contributed by atoms with E-state index in [-0.39, 0.29) is 5.92 Å². The maximum absolute atomic E-state index is 11.8. The first-order chi connectivity index (χ1) is 7.11. The Morgan fingerprint density at radius 1 is 1.40 bits per heavy atom. The molecular weight excluding hydrogens is 204 g/mol. The van der Waals surface area contributed by atoms with Gasteiger partial charge in [0.15, 0.2) is 12.0 Å². The summed E-state index contributed by atoms with van der Waals surface area (Å²) in [5.74, 6) is 0.404. The zero-order valence-corrected chi connectivity index (χ0v) is 9.46. The highest BCUT2D eigenvalue weighted by molar-refractivity contribution is 5.24. The average Bonchev–Trinajstić information content (AvgIpc) is 2.65. The lowest BCUT2D eigenvalue weighted by Gasteiger charge is -2.05. The number of aromatic nitrogens is 1. The second-order valence-corrected chi connectivity index (χ2v) is 2.92. The van der Waals surface area contributed by atoms with Crippen molar-refractivity contribution < 1.29 is 18.0 Å². The number of halogens is 2. The molecule has 0 saturated heterocycles. The predicted molar refractivity (Wildman–Crippen MR) is 53.4 cm³/mol. The van der Waals surface area contributed by atoms with Crippen LogP contribution in [0.2, 0.25) is 0 Å². The minimum absolute atomic E-state index is 0.103. The molecule has 88 valence electrons. The van der Waals surface area contributed by atoms with Gasteiger partial charge in [0, 0.05) is 5.92 Å². The van der Waals surface area contributed by atoms with Gasteiger partial charge in [0.25, 0.3) is 6.43 Å². The Morgan fingerprint density at radius 2 is 2.00 bits per heavy atom. The first kappa shape index (κ1) is 13.9. The highest BCUT2D eigenvalue weighted by atomic mass is 19.3. The van der Waals surface area contributed by atoms with Crippen LogP contribution >= 0.6 is 0 Å². The van der Waals surface area contributed by atoms with E-state index in [1.165, 1.54) is 6.26 Å². The maximum Gasteiger partial charge on any atom is 0.272 e. The van der Waals surface area contributed by atoms with Crippen LogP contribution in [-0.2, 0) is 0 Å². The monoisotopic (exact) mass is 221 g/mol. The van der Waals surface area contributed by atoms with Crippen LogP contribution in [0.5, 0.6) is 5.75 Å². The van der Waals surface area contributed by atoms with Gasteiger partial charge in [-0.15, -0.1) is 0 Å². The van der Waals surface area contributed by atoms with Gasteiger partial charge >= 0.3 is 0 Å². The van der Waals surface area contributed by atoms with Crippen molar-refractivity contribution in [3.05, 3.63) is 12.0 Å². The Bertz CT molecular complexity index is 262. The highest BCUT2D eigenvalue weighted by Gasteiger charge is 2.14. The summed E-state index contributed by atoms with van der Waals surface area (Å²) >= 11 is 0. The van der Waals surface area contributed by atoms with E-state index in [4.69, 9.17) is 4.74 Å². The number of ether oxygens (including phenoxy) is 1. The molecule has 3 nitrogen and oxygen atoms in total. The number of hydrogen-bond donors (Lipinski definition) is 0. The van der Waals surface area contributed by atoms with Gasteiger partial charge in [-0.2, -0.15) is 0 Å². The van der Waals surface area contributed by atoms with Gasteiger partial charge in [-0.05, 0) is 0 Å². The average molecular weight is 221 g/mol. The van der Waals surface area contributed by atoms with Crippen molar-refractivity contribution in [3.63, 3.8) is 0 Å². The molecule has 1 aromatic rings. The van der Waals surface area contributed by atoms with E-state index in [1.54, 1.807) is 0 Å². The Kier molecular flexibility index (Phi) is 6.66. The standard InChI is InChI=1S/C8H11F2NO2.C2H6/c1-5(2)8-6(3-13-11-8)12-4-7(9)10;1-2/h3,5,7H,4H2,1-2H3;1-2H3. The largest absolute Gasteiger partial charge is 0.482 e. The fourth-order valence-corrected chi connectivity index (χ4v) is 0.887. The van der Waals surface area contributed by atoms with E-state index in [1.807, 2.05) is 27.7 Å². The Morgan fingerprint density at radius 3 is 2.47 bits per heavy atom. The molecule has 0 aromatic carbocycles. The Labute approximate surface area is 88.4 Å². The summed E-state index contributed by atoms with van der Waals surface area (Å²) in [5, 5.41) is 3.65. The van der Waals surface area contributed by atoms with Crippen molar-refractivity contribution in [3.8, 4) is 5.75 Å². The lowest BCUT2D eigenvalue weighted by atomic mass is 10.1. The summed E-state index contributed by atoms with van der Waals surface area (Å²) in [5.41, 5.74) is 0.570. The van der Waals surface area contributed by atoms with Crippen LogP contribution < -0.4 is 4.74 Å². The normalized spacial score (nSPS) is 10.1. The molecule has 0 saturated carbocycles. The molecule has 0 radical (unpaired) electrons. The molecule has 0 fully saturated rings. The molecule has 1 heterocycles. The van der Waals surface area contributed by atoms with Gasteiger partial charge < -0.3 is 9.26 Å². The topological polar surface area (TPSA) is 35.3 Å². The van der Waals surface area contributed by atoms with Crippen LogP contribution in [0.25, 0.3) is 0 Å². The van der Waals surface area contributed by atoms with Crippen LogP contribution in [0.3, 0.4) is 0 Å². The minimum Gasteiger partial charge on any atom is -0.482 e. The Balaban J connectivity index is 0.000000921. The minimum atomic E-state index is -2.48. The van der Waals surface area contributed by atoms with Crippen molar-refractivity contribution >= 4 is 0 Å². The summed E-state index contributed by atoms with van der Waals surface area (Å²) in [6, 6.07) is 0. The molecule has 1 aromatic heterocycles. The number of nitrogens with zero attached hydrogens (tertiary/aromatic N) is 1. The van der Waals surface area contributed by atoms with E-state index in [2.05, 4.69) is 9.68 Å². The van der Waals surface area contributed by atoms with Crippen LogP contribution in [0.15, 0.2) is 10.8 Å². The number of hydrogen-bond acceptors (Lipinski definition) is 3. The van der Waals surface area contributed by atoms with Gasteiger partial charge in [-0.25, -0.2) is 8.78 Å². The third kappa shape index (κ3) is 4.76. The third-order valence-corrected chi connectivity index (χ3v) is 1.47. The molecule has 0 aliphatic rings. The van der Waals surface area contributed by atoms with E-state index in [0.29, 0.717) is 11.4 Å². The fraction of sp³-hybridized carbons (Fsp3) is 0.700. The molecule has 0 unspecified atom stereocenters. The summed E-state index contributed by atoms with van der Waals surface area (Å²) in [6.45, 7) is 7.14. The van der Waals surface area contributed by atoms with Crippen molar-refractivity contribution in [1.29, 1.82) is 0 Å². The molecule has 5 heteroatoms.